The van der Waals surface area contributed by atoms with E-state index in [1.165, 1.54) is 24.5 Å². The molecule has 1 saturated carbocycles. The summed E-state index contributed by atoms with van der Waals surface area (Å²) in [5.74, 6) is 1.76. The van der Waals surface area contributed by atoms with Crippen LogP contribution in [0, 0.1) is 16.7 Å². The fourth-order valence-electron chi connectivity index (χ4n) is 6.98. The normalized spacial score (nSPS) is 21.8. The van der Waals surface area contributed by atoms with Crippen molar-refractivity contribution < 1.29 is 19.1 Å². The molecule has 0 saturated heterocycles. The maximum absolute atomic E-state index is 12.5. The van der Waals surface area contributed by atoms with Crippen molar-refractivity contribution in [2.75, 3.05) is 0 Å². The lowest BCUT2D eigenvalue weighted by atomic mass is 9.55. The third-order valence-corrected chi connectivity index (χ3v) is 8.93. The van der Waals surface area contributed by atoms with Gasteiger partial charge in [0.25, 0.3) is 0 Å². The van der Waals surface area contributed by atoms with Crippen molar-refractivity contribution in [1.82, 2.24) is 0 Å². The van der Waals surface area contributed by atoms with E-state index in [1.807, 2.05) is 26.0 Å². The first-order valence-electron chi connectivity index (χ1n) is 13.8. The van der Waals surface area contributed by atoms with Crippen molar-refractivity contribution in [2.45, 2.75) is 105 Å². The van der Waals surface area contributed by atoms with Gasteiger partial charge in [-0.25, -0.2) is 0 Å². The van der Waals surface area contributed by atoms with E-state index in [0.717, 1.165) is 31.4 Å². The zero-order valence-electron chi connectivity index (χ0n) is 24.4. The van der Waals surface area contributed by atoms with Crippen molar-refractivity contribution in [1.29, 1.82) is 0 Å². The Morgan fingerprint density at radius 3 is 1.76 bits per heavy atom. The van der Waals surface area contributed by atoms with Gasteiger partial charge in [0, 0.05) is 12.3 Å². The number of rotatable bonds is 9. The molecule has 1 aliphatic rings. The average Bonchev–Trinajstić information content (AvgIpc) is 2.81. The summed E-state index contributed by atoms with van der Waals surface area (Å²) >= 11 is 0. The van der Waals surface area contributed by atoms with Gasteiger partial charge in [-0.3, -0.25) is 9.59 Å². The second-order valence-corrected chi connectivity index (χ2v) is 12.6. The molecule has 1 aliphatic carbocycles. The summed E-state index contributed by atoms with van der Waals surface area (Å²) in [7, 11) is 0. The van der Waals surface area contributed by atoms with Gasteiger partial charge >= 0.3 is 5.97 Å². The Hall–Kier alpha value is -2.62. The molecule has 4 nitrogen and oxygen atoms in total. The van der Waals surface area contributed by atoms with Crippen molar-refractivity contribution in [3.05, 3.63) is 59.7 Å². The zero-order valence-corrected chi connectivity index (χ0v) is 24.4. The molecule has 4 heteroatoms. The van der Waals surface area contributed by atoms with Crippen LogP contribution in [-0.4, -0.2) is 17.4 Å². The molecule has 0 bridgehead atoms. The van der Waals surface area contributed by atoms with Crippen molar-refractivity contribution in [2.24, 2.45) is 16.7 Å². The summed E-state index contributed by atoms with van der Waals surface area (Å²) in [6.45, 7) is 18.4. The quantitative estimate of drug-likeness (QED) is 0.253. The molecule has 0 heterocycles. The van der Waals surface area contributed by atoms with Crippen LogP contribution in [0.3, 0.4) is 0 Å². The Bertz CT molecular complexity index is 1090. The number of ether oxygens (including phenoxy) is 2. The van der Waals surface area contributed by atoms with Crippen molar-refractivity contribution in [3.63, 3.8) is 0 Å². The number of hydrogen-bond donors (Lipinski definition) is 0. The topological polar surface area (TPSA) is 52.6 Å². The average molecular weight is 507 g/mol. The molecule has 2 unspecified atom stereocenters. The molecule has 37 heavy (non-hydrogen) atoms. The Kier molecular flexibility index (Phi) is 8.32. The molecule has 2 aromatic carbocycles. The minimum Gasteiger partial charge on any atom is -0.486 e. The predicted octanol–water partition coefficient (Wildman–Crippen LogP) is 8.30. The van der Waals surface area contributed by atoms with Gasteiger partial charge in [0.2, 0.25) is 0 Å². The second-order valence-electron chi connectivity index (χ2n) is 12.6. The van der Waals surface area contributed by atoms with Gasteiger partial charge in [-0.1, -0.05) is 58.9 Å². The highest BCUT2D eigenvalue weighted by Gasteiger charge is 2.48. The fourth-order valence-corrected chi connectivity index (χ4v) is 6.98. The number of carbonyl (C=O) groups is 2. The van der Waals surface area contributed by atoms with E-state index in [9.17, 15) is 9.59 Å². The van der Waals surface area contributed by atoms with E-state index >= 15 is 0 Å². The van der Waals surface area contributed by atoms with Crippen LogP contribution >= 0.6 is 0 Å². The molecular formula is C33H46O4. The molecule has 0 aliphatic heterocycles. The predicted molar refractivity (Wildman–Crippen MR) is 150 cm³/mol. The van der Waals surface area contributed by atoms with Crippen LogP contribution in [0.4, 0.5) is 0 Å². The van der Waals surface area contributed by atoms with E-state index in [2.05, 4.69) is 71.0 Å². The lowest BCUT2D eigenvalue weighted by molar-refractivity contribution is -0.139. The molecule has 1 fully saturated rings. The highest BCUT2D eigenvalue weighted by atomic mass is 16.5. The van der Waals surface area contributed by atoms with Crippen LogP contribution in [-0.2, 0) is 15.0 Å². The maximum atomic E-state index is 12.5. The number of benzene rings is 2. The number of esters is 1. The first-order chi connectivity index (χ1) is 17.2. The molecule has 2 atom stereocenters. The first kappa shape index (κ1) is 28.9. The van der Waals surface area contributed by atoms with Gasteiger partial charge < -0.3 is 9.47 Å². The maximum Gasteiger partial charge on any atom is 0.308 e. The molecule has 2 aromatic rings. The van der Waals surface area contributed by atoms with E-state index < -0.39 is 11.0 Å². The highest BCUT2D eigenvalue weighted by Crippen LogP contribution is 2.54. The lowest BCUT2D eigenvalue weighted by Gasteiger charge is -2.49. The molecular weight excluding hydrogens is 460 g/mol. The van der Waals surface area contributed by atoms with Crippen LogP contribution in [0.5, 0.6) is 11.5 Å². The summed E-state index contributed by atoms with van der Waals surface area (Å²) in [5.41, 5.74) is 1.39. The summed E-state index contributed by atoms with van der Waals surface area (Å²) in [4.78, 5) is 24.0. The van der Waals surface area contributed by atoms with Gasteiger partial charge in [-0.2, -0.15) is 0 Å². The summed E-state index contributed by atoms with van der Waals surface area (Å²) in [6, 6.07) is 16.6. The van der Waals surface area contributed by atoms with Gasteiger partial charge in [0.15, 0.2) is 0 Å². The number of Topliss-reactive ketones (excluding diaryl/α,β-unsaturated/α-hetero) is 1. The molecule has 3 rings (SSSR count). The van der Waals surface area contributed by atoms with Crippen LogP contribution in [0.15, 0.2) is 48.5 Å². The van der Waals surface area contributed by atoms with E-state index in [4.69, 9.17) is 9.47 Å². The number of hydrogen-bond acceptors (Lipinski definition) is 4. The number of carbonyl (C=O) groups excluding carboxylic acids is 2. The van der Waals surface area contributed by atoms with Crippen LogP contribution in [0.2, 0.25) is 0 Å². The second kappa shape index (κ2) is 10.6. The van der Waals surface area contributed by atoms with Gasteiger partial charge in [-0.15, -0.1) is 0 Å². The highest BCUT2D eigenvalue weighted by molar-refractivity contribution is 5.83. The van der Waals surface area contributed by atoms with Gasteiger partial charge in [0.1, 0.15) is 22.9 Å². The Morgan fingerprint density at radius 1 is 0.865 bits per heavy atom. The molecule has 0 spiro atoms. The number of ketones is 1. The standard InChI is InChI=1S/C33H46O4/c1-10-33(11-2,31(8,9)24(4)34)37-29-18-14-27(15-19-29)32(21-23(3)20-30(6,7)22-32)26-12-16-28(17-13-26)36-25(5)35/h12-19,23H,10-11,20-22H2,1-9H3. The third kappa shape index (κ3) is 5.78. The van der Waals surface area contributed by atoms with E-state index in [0.29, 0.717) is 11.7 Å². The van der Waals surface area contributed by atoms with Crippen molar-refractivity contribution in [3.8, 4) is 11.5 Å². The molecule has 202 valence electrons. The Labute approximate surface area is 224 Å². The Balaban J connectivity index is 2.04. The van der Waals surface area contributed by atoms with Crippen LogP contribution in [0.25, 0.3) is 0 Å². The molecule has 0 aromatic heterocycles. The lowest BCUT2D eigenvalue weighted by Crippen LogP contribution is -2.52. The first-order valence-corrected chi connectivity index (χ1v) is 13.8. The summed E-state index contributed by atoms with van der Waals surface area (Å²) in [6.07, 6.45) is 4.78. The largest absolute Gasteiger partial charge is 0.486 e. The van der Waals surface area contributed by atoms with Crippen LogP contribution in [0.1, 0.15) is 106 Å². The summed E-state index contributed by atoms with van der Waals surface area (Å²) < 4.78 is 12.0. The summed E-state index contributed by atoms with van der Waals surface area (Å²) in [5, 5.41) is 0. The monoisotopic (exact) mass is 506 g/mol. The molecule has 0 amide bonds. The smallest absolute Gasteiger partial charge is 0.308 e. The minimum atomic E-state index is -0.594. The fraction of sp³-hybridized carbons (Fsp3) is 0.576. The van der Waals surface area contributed by atoms with E-state index in [-0.39, 0.29) is 22.6 Å². The minimum absolute atomic E-state index is 0.141. The molecule has 0 N–H and O–H groups in total. The SMILES string of the molecule is CCC(CC)(Oc1ccc(C2(c3ccc(OC(C)=O)cc3)CC(C)CC(C)(C)C2)cc1)C(C)(C)C(C)=O. The third-order valence-electron chi connectivity index (χ3n) is 8.93. The van der Waals surface area contributed by atoms with Gasteiger partial charge in [-0.05, 0) is 99.6 Å². The van der Waals surface area contributed by atoms with E-state index in [1.54, 1.807) is 6.92 Å². The van der Waals surface area contributed by atoms with Crippen molar-refractivity contribution >= 4 is 11.8 Å². The zero-order chi connectivity index (χ0) is 27.6. The molecule has 0 radical (unpaired) electrons. The van der Waals surface area contributed by atoms with Gasteiger partial charge in [0.05, 0.1) is 5.41 Å². The van der Waals surface area contributed by atoms with Crippen LogP contribution < -0.4 is 9.47 Å². The Morgan fingerprint density at radius 2 is 1.35 bits per heavy atom.